The van der Waals surface area contributed by atoms with Gasteiger partial charge in [-0.1, -0.05) is 18.2 Å². The van der Waals surface area contributed by atoms with Gasteiger partial charge in [-0.15, -0.1) is 0 Å². The summed E-state index contributed by atoms with van der Waals surface area (Å²) in [5, 5.41) is 7.39. The van der Waals surface area contributed by atoms with Gasteiger partial charge in [-0.25, -0.2) is 11.6 Å². The Kier molecular flexibility index (Phi) is 4.09. The monoisotopic (exact) mass is 359 g/mol. The van der Waals surface area contributed by atoms with E-state index in [0.717, 1.165) is 55.9 Å². The molecule has 2 aliphatic heterocycles. The van der Waals surface area contributed by atoms with Crippen molar-refractivity contribution in [2.75, 3.05) is 20.1 Å². The average Bonchev–Trinajstić information content (AvgIpc) is 3.36. The molecule has 1 N–H and O–H groups in total. The third-order valence-corrected chi connectivity index (χ3v) is 6.64. The molecule has 138 valence electrons. The van der Waals surface area contributed by atoms with Gasteiger partial charge < -0.3 is 9.74 Å². The predicted molar refractivity (Wildman–Crippen MR) is 107 cm³/mol. The van der Waals surface area contributed by atoms with Gasteiger partial charge in [0.15, 0.2) is 5.82 Å². The Labute approximate surface area is 160 Å². The topological polar surface area (TPSA) is 48.6 Å². The lowest BCUT2D eigenvalue weighted by Gasteiger charge is -2.33. The Balaban J connectivity index is 1.61. The molecule has 3 heterocycles. The van der Waals surface area contributed by atoms with E-state index in [4.69, 9.17) is 11.6 Å². The summed E-state index contributed by atoms with van der Waals surface area (Å²) in [4.78, 5) is 11.5. The summed E-state index contributed by atoms with van der Waals surface area (Å²) in [6.07, 6.45) is 7.57. The number of aromatic nitrogens is 2. The molecule has 0 spiro atoms. The van der Waals surface area contributed by atoms with Crippen molar-refractivity contribution in [3.05, 3.63) is 58.1 Å². The first-order chi connectivity index (χ1) is 13.3. The lowest BCUT2D eigenvalue weighted by molar-refractivity contribution is 0.250. The Hall–Kier alpha value is -2.45. The fourth-order valence-electron chi connectivity index (χ4n) is 5.20. The molecule has 5 rings (SSSR count). The molecule has 0 saturated carbocycles. The van der Waals surface area contributed by atoms with Gasteiger partial charge in [0.25, 0.3) is 6.04 Å². The number of nitrogens with zero attached hydrogens (tertiary/aromatic N) is 4. The molecular formula is C22H25N5. The van der Waals surface area contributed by atoms with E-state index in [2.05, 4.69) is 45.2 Å². The summed E-state index contributed by atoms with van der Waals surface area (Å²) in [6.45, 7) is 10.2. The van der Waals surface area contributed by atoms with Crippen LogP contribution in [-0.4, -0.2) is 47.0 Å². The number of piperidine rings is 1. The lowest BCUT2D eigenvalue weighted by atomic mass is 9.75. The SMILES string of the molecule is [C-]#[N+]C1C(C2CCN(C)CC2)=Nc2[nH]ncc2C1c1cccc2c1CCC2. The molecule has 1 fully saturated rings. The second-order valence-electron chi connectivity index (χ2n) is 8.18. The van der Waals surface area contributed by atoms with Crippen molar-refractivity contribution in [1.82, 2.24) is 15.1 Å². The van der Waals surface area contributed by atoms with Crippen LogP contribution in [0, 0.1) is 12.5 Å². The quantitative estimate of drug-likeness (QED) is 0.830. The molecule has 1 aromatic heterocycles. The zero-order valence-electron chi connectivity index (χ0n) is 15.8. The first kappa shape index (κ1) is 16.7. The van der Waals surface area contributed by atoms with Crippen LogP contribution >= 0.6 is 0 Å². The summed E-state index contributed by atoms with van der Waals surface area (Å²) >= 11 is 0. The van der Waals surface area contributed by atoms with Crippen LogP contribution in [0.2, 0.25) is 0 Å². The molecule has 0 radical (unpaired) electrons. The molecule has 1 aliphatic carbocycles. The van der Waals surface area contributed by atoms with Crippen molar-refractivity contribution < 1.29 is 0 Å². The maximum Gasteiger partial charge on any atom is 0.272 e. The van der Waals surface area contributed by atoms with E-state index < -0.39 is 0 Å². The molecule has 1 saturated heterocycles. The zero-order valence-corrected chi connectivity index (χ0v) is 15.8. The fraction of sp³-hybridized carbons (Fsp3) is 0.500. The molecule has 2 unspecified atom stereocenters. The van der Waals surface area contributed by atoms with Gasteiger partial charge in [-0.2, -0.15) is 5.10 Å². The summed E-state index contributed by atoms with van der Waals surface area (Å²) in [7, 11) is 2.17. The number of nitrogens with one attached hydrogen (secondary N) is 1. The van der Waals surface area contributed by atoms with Crippen LogP contribution < -0.4 is 0 Å². The Morgan fingerprint density at radius 2 is 2.04 bits per heavy atom. The van der Waals surface area contributed by atoms with E-state index in [1.165, 1.54) is 23.1 Å². The summed E-state index contributed by atoms with van der Waals surface area (Å²) < 4.78 is 0. The van der Waals surface area contributed by atoms with Gasteiger partial charge in [-0.3, -0.25) is 5.10 Å². The Morgan fingerprint density at radius 1 is 1.19 bits per heavy atom. The van der Waals surface area contributed by atoms with E-state index in [0.29, 0.717) is 5.92 Å². The largest absolute Gasteiger partial charge is 0.306 e. The molecule has 3 aliphatic rings. The minimum absolute atomic E-state index is 0.0523. The van der Waals surface area contributed by atoms with Gasteiger partial charge >= 0.3 is 0 Å². The first-order valence-electron chi connectivity index (χ1n) is 10.0. The molecule has 0 bridgehead atoms. The highest BCUT2D eigenvalue weighted by molar-refractivity contribution is 5.98. The zero-order chi connectivity index (χ0) is 18.4. The van der Waals surface area contributed by atoms with E-state index in [-0.39, 0.29) is 12.0 Å². The second-order valence-corrected chi connectivity index (χ2v) is 8.18. The van der Waals surface area contributed by atoms with Gasteiger partial charge in [0.1, 0.15) is 5.71 Å². The second kappa shape index (κ2) is 6.61. The molecule has 0 amide bonds. The van der Waals surface area contributed by atoms with Crippen LogP contribution in [0.3, 0.4) is 0 Å². The Morgan fingerprint density at radius 3 is 2.85 bits per heavy atom. The highest BCUT2D eigenvalue weighted by atomic mass is 15.2. The van der Waals surface area contributed by atoms with Crippen molar-refractivity contribution in [3.63, 3.8) is 0 Å². The minimum Gasteiger partial charge on any atom is -0.306 e. The maximum atomic E-state index is 8.06. The fourth-order valence-corrected chi connectivity index (χ4v) is 5.20. The maximum absolute atomic E-state index is 8.06. The van der Waals surface area contributed by atoms with E-state index in [1.54, 1.807) is 0 Å². The van der Waals surface area contributed by atoms with E-state index >= 15 is 0 Å². The summed E-state index contributed by atoms with van der Waals surface area (Å²) in [5.74, 6) is 1.32. The molecule has 1 aromatic carbocycles. The van der Waals surface area contributed by atoms with Crippen molar-refractivity contribution in [2.24, 2.45) is 10.9 Å². The number of aliphatic imine (C=N–C) groups is 1. The standard InChI is InChI=1S/C22H25N5/c1-23-21-19(17-8-4-6-14-5-3-7-16(14)17)18-13-24-26-22(18)25-20(21)15-9-11-27(2)12-10-15/h4,6,8,13,15,19,21H,3,5,7,9-12H2,2H3,(H,24,26). The van der Waals surface area contributed by atoms with Crippen molar-refractivity contribution in [1.29, 1.82) is 0 Å². The highest BCUT2D eigenvalue weighted by Gasteiger charge is 2.44. The number of likely N-dealkylation sites (tertiary alicyclic amines) is 1. The molecule has 2 atom stereocenters. The number of rotatable bonds is 2. The normalized spacial score (nSPS) is 25.6. The van der Waals surface area contributed by atoms with Crippen LogP contribution in [0.1, 0.15) is 47.4 Å². The van der Waals surface area contributed by atoms with E-state index in [9.17, 15) is 0 Å². The number of fused-ring (bicyclic) bond motifs is 2. The van der Waals surface area contributed by atoms with Gasteiger partial charge in [0.2, 0.25) is 0 Å². The highest BCUT2D eigenvalue weighted by Crippen LogP contribution is 2.44. The summed E-state index contributed by atoms with van der Waals surface area (Å²) in [5.41, 5.74) is 6.43. The van der Waals surface area contributed by atoms with Crippen molar-refractivity contribution in [2.45, 2.75) is 44.1 Å². The Bertz CT molecular complexity index is 926. The van der Waals surface area contributed by atoms with Gasteiger partial charge in [0.05, 0.1) is 12.1 Å². The molecule has 5 heteroatoms. The van der Waals surface area contributed by atoms with Crippen LogP contribution in [0.15, 0.2) is 29.4 Å². The number of aromatic amines is 1. The number of aryl methyl sites for hydroxylation is 1. The summed E-state index contributed by atoms with van der Waals surface area (Å²) in [6, 6.07) is 6.45. The van der Waals surface area contributed by atoms with Crippen LogP contribution in [-0.2, 0) is 12.8 Å². The number of H-pyrrole nitrogens is 1. The third kappa shape index (κ3) is 2.71. The van der Waals surface area contributed by atoms with Crippen molar-refractivity contribution >= 4 is 11.5 Å². The average molecular weight is 359 g/mol. The molecule has 2 aromatic rings. The number of benzene rings is 1. The van der Waals surface area contributed by atoms with Crippen molar-refractivity contribution in [3.8, 4) is 0 Å². The predicted octanol–water partition coefficient (Wildman–Crippen LogP) is 3.75. The van der Waals surface area contributed by atoms with Crippen LogP contribution in [0.25, 0.3) is 4.85 Å². The minimum atomic E-state index is -0.212. The number of hydrogen-bond acceptors (Lipinski definition) is 3. The molecule has 5 nitrogen and oxygen atoms in total. The molecule has 27 heavy (non-hydrogen) atoms. The van der Waals surface area contributed by atoms with Gasteiger partial charge in [0, 0.05) is 11.5 Å². The van der Waals surface area contributed by atoms with Crippen LogP contribution in [0.5, 0.6) is 0 Å². The van der Waals surface area contributed by atoms with Crippen LogP contribution in [0.4, 0.5) is 5.82 Å². The number of hydrogen-bond donors (Lipinski definition) is 1. The smallest absolute Gasteiger partial charge is 0.272 e. The van der Waals surface area contributed by atoms with Gasteiger partial charge in [-0.05, 0) is 68.9 Å². The first-order valence-corrected chi connectivity index (χ1v) is 10.0. The third-order valence-electron chi connectivity index (χ3n) is 6.64. The molecular weight excluding hydrogens is 334 g/mol. The van der Waals surface area contributed by atoms with E-state index in [1.807, 2.05) is 6.20 Å². The lowest BCUT2D eigenvalue weighted by Crippen LogP contribution is -2.40.